The normalized spacial score (nSPS) is 29.4. The van der Waals surface area contributed by atoms with E-state index in [1.165, 1.54) is 44.5 Å². The lowest BCUT2D eigenvalue weighted by atomic mass is 9.77. The first-order valence-corrected chi connectivity index (χ1v) is 12.4. The number of likely N-dealkylation sites (tertiary alicyclic amines) is 2. The molecule has 33 heavy (non-hydrogen) atoms. The van der Waals surface area contributed by atoms with Crippen molar-refractivity contribution < 1.29 is 4.74 Å². The van der Waals surface area contributed by atoms with Gasteiger partial charge in [0.05, 0.1) is 23.3 Å². The van der Waals surface area contributed by atoms with Gasteiger partial charge in [-0.3, -0.25) is 9.88 Å². The fourth-order valence-corrected chi connectivity index (χ4v) is 6.57. The molecule has 0 bridgehead atoms. The number of aromatic nitrogens is 4. The maximum absolute atomic E-state index is 6.55. The van der Waals surface area contributed by atoms with Gasteiger partial charge in [0.15, 0.2) is 0 Å². The first-order chi connectivity index (χ1) is 16.2. The summed E-state index contributed by atoms with van der Waals surface area (Å²) in [4.78, 5) is 18.8. The van der Waals surface area contributed by atoms with E-state index < -0.39 is 0 Å². The number of ether oxygens (including phenoxy) is 1. The van der Waals surface area contributed by atoms with Crippen molar-refractivity contribution in [2.45, 2.75) is 50.8 Å². The summed E-state index contributed by atoms with van der Waals surface area (Å²) in [5, 5.41) is 0. The summed E-state index contributed by atoms with van der Waals surface area (Å²) in [6.07, 6.45) is 9.99. The van der Waals surface area contributed by atoms with Gasteiger partial charge in [-0.25, -0.2) is 9.97 Å². The molecule has 2 aliphatic heterocycles. The van der Waals surface area contributed by atoms with Gasteiger partial charge in [0.2, 0.25) is 5.88 Å². The highest BCUT2D eigenvalue weighted by atomic mass is 16.5. The minimum atomic E-state index is 0.0664. The van der Waals surface area contributed by atoms with Crippen LogP contribution in [0, 0.1) is 18.8 Å². The van der Waals surface area contributed by atoms with E-state index in [0.717, 1.165) is 30.2 Å². The van der Waals surface area contributed by atoms with E-state index in [0.29, 0.717) is 17.7 Å². The van der Waals surface area contributed by atoms with Crippen LogP contribution in [-0.2, 0) is 0 Å². The second-order valence-electron chi connectivity index (χ2n) is 10.3. The molecule has 174 valence electrons. The van der Waals surface area contributed by atoms with E-state index in [2.05, 4.69) is 62.6 Å². The van der Waals surface area contributed by atoms with Crippen LogP contribution in [0.5, 0.6) is 5.88 Å². The van der Waals surface area contributed by atoms with Crippen molar-refractivity contribution in [3.8, 4) is 5.88 Å². The summed E-state index contributed by atoms with van der Waals surface area (Å²) in [6, 6.07) is 9.47. The zero-order valence-electron chi connectivity index (χ0n) is 19.7. The highest BCUT2D eigenvalue weighted by Crippen LogP contribution is 2.45. The summed E-state index contributed by atoms with van der Waals surface area (Å²) in [7, 11) is 2.25. The highest BCUT2D eigenvalue weighted by Gasteiger charge is 2.46. The van der Waals surface area contributed by atoms with Crippen LogP contribution in [-0.4, -0.2) is 74.7 Å². The number of hydrogen-bond acceptors (Lipinski definition) is 6. The first-order valence-electron chi connectivity index (χ1n) is 12.4. The minimum Gasteiger partial charge on any atom is -0.471 e. The molecule has 2 aromatic heterocycles. The topological polar surface area (TPSA) is 59.3 Å². The molecule has 3 fully saturated rings. The molecule has 6 rings (SSSR count). The average Bonchev–Trinajstić information content (AvgIpc) is 3.39. The Labute approximate surface area is 195 Å². The molecular formula is C26H34N6O. The van der Waals surface area contributed by atoms with Crippen LogP contribution in [0.25, 0.3) is 11.0 Å². The number of hydrogen-bond donors (Lipinski definition) is 0. The van der Waals surface area contributed by atoms with E-state index in [1.54, 1.807) is 18.6 Å². The van der Waals surface area contributed by atoms with E-state index >= 15 is 0 Å². The Morgan fingerprint density at radius 2 is 1.79 bits per heavy atom. The van der Waals surface area contributed by atoms with Crippen molar-refractivity contribution in [1.82, 2.24) is 29.3 Å². The van der Waals surface area contributed by atoms with Crippen LogP contribution in [0.15, 0.2) is 42.9 Å². The van der Waals surface area contributed by atoms with Crippen molar-refractivity contribution >= 4 is 11.0 Å². The fourth-order valence-electron chi connectivity index (χ4n) is 6.57. The largest absolute Gasteiger partial charge is 0.471 e. The molecule has 2 saturated heterocycles. The third kappa shape index (κ3) is 4.02. The van der Waals surface area contributed by atoms with Crippen LogP contribution in [0.2, 0.25) is 0 Å². The number of para-hydroxylation sites is 2. The molecule has 4 heterocycles. The van der Waals surface area contributed by atoms with Gasteiger partial charge in [-0.05, 0) is 76.7 Å². The standard InChI is InChI=1S/C26H34N6O/c1-18-29-22-5-3-4-6-23(22)32(18)24-13-19-16-31(21-7-11-30(2)12-8-21)17-20(19)14-25(24)33-26-15-27-9-10-28-26/h3-6,9-10,15,19-21,24-25H,7-8,11-14,16-17H2,1-2H3/t19-,20+,24-,25-/m0/s1. The van der Waals surface area contributed by atoms with Crippen LogP contribution in [0.4, 0.5) is 0 Å². The average molecular weight is 447 g/mol. The van der Waals surface area contributed by atoms with E-state index in [1.807, 2.05) is 0 Å². The summed E-state index contributed by atoms with van der Waals surface area (Å²) < 4.78 is 8.99. The summed E-state index contributed by atoms with van der Waals surface area (Å²) in [5.74, 6) is 3.07. The number of benzene rings is 1. The molecule has 1 aliphatic carbocycles. The van der Waals surface area contributed by atoms with Crippen molar-refractivity contribution in [2.24, 2.45) is 11.8 Å². The van der Waals surface area contributed by atoms with Crippen LogP contribution in [0.1, 0.15) is 37.5 Å². The van der Waals surface area contributed by atoms with Crippen molar-refractivity contribution in [3.63, 3.8) is 0 Å². The van der Waals surface area contributed by atoms with Crippen LogP contribution >= 0.6 is 0 Å². The van der Waals surface area contributed by atoms with Gasteiger partial charge in [0, 0.05) is 31.5 Å². The van der Waals surface area contributed by atoms with E-state index in [-0.39, 0.29) is 12.1 Å². The van der Waals surface area contributed by atoms with Gasteiger partial charge in [-0.15, -0.1) is 0 Å². The van der Waals surface area contributed by atoms with Crippen molar-refractivity contribution in [3.05, 3.63) is 48.7 Å². The Balaban J connectivity index is 1.29. The minimum absolute atomic E-state index is 0.0664. The number of aryl methyl sites for hydroxylation is 1. The molecule has 4 atom stereocenters. The van der Waals surface area contributed by atoms with Gasteiger partial charge in [0.1, 0.15) is 11.9 Å². The molecule has 0 amide bonds. The van der Waals surface area contributed by atoms with E-state index in [4.69, 9.17) is 9.72 Å². The summed E-state index contributed by atoms with van der Waals surface area (Å²) >= 11 is 0. The van der Waals surface area contributed by atoms with Gasteiger partial charge < -0.3 is 14.2 Å². The SMILES string of the molecule is Cc1nc2ccccc2n1[C@H]1C[C@H]2CN(C3CCN(C)CC3)C[C@H]2C[C@@H]1Oc1cnccn1. The van der Waals surface area contributed by atoms with Gasteiger partial charge in [0.25, 0.3) is 0 Å². The number of imidazole rings is 1. The zero-order valence-corrected chi connectivity index (χ0v) is 19.7. The Hall–Kier alpha value is -2.51. The highest BCUT2D eigenvalue weighted by molar-refractivity contribution is 5.76. The molecular weight excluding hydrogens is 412 g/mol. The maximum atomic E-state index is 6.55. The van der Waals surface area contributed by atoms with Crippen molar-refractivity contribution in [1.29, 1.82) is 0 Å². The molecule has 1 saturated carbocycles. The van der Waals surface area contributed by atoms with Crippen LogP contribution in [0.3, 0.4) is 0 Å². The predicted octanol–water partition coefficient (Wildman–Crippen LogP) is 3.56. The third-order valence-electron chi connectivity index (χ3n) is 8.23. The number of piperidine rings is 1. The zero-order chi connectivity index (χ0) is 22.4. The first kappa shape index (κ1) is 21.1. The molecule has 7 heteroatoms. The number of rotatable bonds is 4. The second-order valence-corrected chi connectivity index (χ2v) is 10.3. The summed E-state index contributed by atoms with van der Waals surface area (Å²) in [5.41, 5.74) is 2.27. The predicted molar refractivity (Wildman–Crippen MR) is 128 cm³/mol. The molecule has 3 aliphatic rings. The van der Waals surface area contributed by atoms with Gasteiger partial charge in [-0.1, -0.05) is 12.1 Å². The monoisotopic (exact) mass is 446 g/mol. The lowest BCUT2D eigenvalue weighted by molar-refractivity contribution is 0.0518. The van der Waals surface area contributed by atoms with Crippen molar-refractivity contribution in [2.75, 3.05) is 33.2 Å². The van der Waals surface area contributed by atoms with Gasteiger partial charge >= 0.3 is 0 Å². The quantitative estimate of drug-likeness (QED) is 0.611. The molecule has 0 unspecified atom stereocenters. The maximum Gasteiger partial charge on any atom is 0.232 e. The Morgan fingerprint density at radius 3 is 2.58 bits per heavy atom. The molecule has 0 N–H and O–H groups in total. The molecule has 3 aromatic rings. The fraction of sp³-hybridized carbons (Fsp3) is 0.577. The number of nitrogens with zero attached hydrogens (tertiary/aromatic N) is 6. The Morgan fingerprint density at radius 1 is 1.00 bits per heavy atom. The third-order valence-corrected chi connectivity index (χ3v) is 8.23. The molecule has 7 nitrogen and oxygen atoms in total. The summed E-state index contributed by atoms with van der Waals surface area (Å²) in [6.45, 7) is 7.00. The molecule has 0 spiro atoms. The second kappa shape index (κ2) is 8.69. The number of fused-ring (bicyclic) bond motifs is 2. The lowest BCUT2D eigenvalue weighted by Gasteiger charge is -2.39. The van der Waals surface area contributed by atoms with E-state index in [9.17, 15) is 0 Å². The van der Waals surface area contributed by atoms with Gasteiger partial charge in [-0.2, -0.15) is 0 Å². The van der Waals surface area contributed by atoms with Crippen LogP contribution < -0.4 is 4.74 Å². The molecule has 1 aromatic carbocycles. The Bertz CT molecular complexity index is 1090. The lowest BCUT2D eigenvalue weighted by Crippen LogP contribution is -2.42. The molecule has 0 radical (unpaired) electrons. The smallest absolute Gasteiger partial charge is 0.232 e. The Kier molecular flexibility index (Phi) is 5.54.